The molecule has 0 radical (unpaired) electrons. The van der Waals surface area contributed by atoms with Gasteiger partial charge in [0, 0.05) is 29.7 Å². The van der Waals surface area contributed by atoms with Crippen molar-refractivity contribution in [2.24, 2.45) is 0 Å². The van der Waals surface area contributed by atoms with Gasteiger partial charge in [0.05, 0.1) is 22.2 Å². The normalized spacial score (nSPS) is 12.0. The molecule has 25 heavy (non-hydrogen) atoms. The highest BCUT2D eigenvalue weighted by Crippen LogP contribution is 2.30. The smallest absolute Gasteiger partial charge is 0.243 e. The standard InChI is InChI=1S/C17H15Cl2N3O2S/c1-2-22(11-12-5-3-4-8-20-12)25(23,24)13-6-7-14-15(9-13)17(19)21-10-16(14)18/h3-10H,2,11H2,1H3. The molecule has 8 heteroatoms. The predicted octanol–water partition coefficient (Wildman–Crippen LogP) is 4.15. The average Bonchev–Trinajstić information content (AvgIpc) is 2.63. The summed E-state index contributed by atoms with van der Waals surface area (Å²) in [5, 5.41) is 1.80. The Kier molecular flexibility index (Phi) is 5.24. The Balaban J connectivity index is 2.03. The molecule has 3 rings (SSSR count). The van der Waals surface area contributed by atoms with Crippen molar-refractivity contribution in [3.8, 4) is 0 Å². The molecule has 0 aliphatic carbocycles. The molecule has 5 nitrogen and oxygen atoms in total. The highest BCUT2D eigenvalue weighted by atomic mass is 35.5. The number of nitrogens with zero attached hydrogens (tertiary/aromatic N) is 3. The molecule has 0 bridgehead atoms. The van der Waals surface area contributed by atoms with Gasteiger partial charge in [-0.2, -0.15) is 4.31 Å². The molecule has 2 heterocycles. The maximum Gasteiger partial charge on any atom is 0.243 e. The van der Waals surface area contributed by atoms with Crippen LogP contribution in [0.25, 0.3) is 10.8 Å². The number of benzene rings is 1. The van der Waals surface area contributed by atoms with Crippen LogP contribution < -0.4 is 0 Å². The summed E-state index contributed by atoms with van der Waals surface area (Å²) in [6.07, 6.45) is 3.08. The third-order valence-corrected chi connectivity index (χ3v) is 6.34. The van der Waals surface area contributed by atoms with E-state index in [1.54, 1.807) is 31.3 Å². The summed E-state index contributed by atoms with van der Waals surface area (Å²) in [4.78, 5) is 8.31. The van der Waals surface area contributed by atoms with Crippen LogP contribution >= 0.6 is 23.2 Å². The van der Waals surface area contributed by atoms with Crippen LogP contribution in [-0.2, 0) is 16.6 Å². The summed E-state index contributed by atoms with van der Waals surface area (Å²) in [5.41, 5.74) is 0.677. The van der Waals surface area contributed by atoms with Crippen LogP contribution in [-0.4, -0.2) is 29.2 Å². The van der Waals surface area contributed by atoms with Gasteiger partial charge in [0.25, 0.3) is 0 Å². The molecule has 0 saturated heterocycles. The van der Waals surface area contributed by atoms with E-state index in [1.807, 2.05) is 6.07 Å². The fraction of sp³-hybridized carbons (Fsp3) is 0.176. The van der Waals surface area contributed by atoms with Crippen molar-refractivity contribution in [3.05, 3.63) is 64.7 Å². The van der Waals surface area contributed by atoms with E-state index < -0.39 is 10.0 Å². The Morgan fingerprint density at radius 2 is 1.88 bits per heavy atom. The lowest BCUT2D eigenvalue weighted by molar-refractivity contribution is 0.419. The maximum atomic E-state index is 13.0. The van der Waals surface area contributed by atoms with Gasteiger partial charge < -0.3 is 0 Å². The number of rotatable bonds is 5. The van der Waals surface area contributed by atoms with E-state index in [4.69, 9.17) is 23.2 Å². The summed E-state index contributed by atoms with van der Waals surface area (Å²) in [5.74, 6) is 0. The second-order valence-corrected chi connectivity index (χ2v) is 8.06. The first kappa shape index (κ1) is 18.1. The molecule has 0 spiro atoms. The lowest BCUT2D eigenvalue weighted by Crippen LogP contribution is -2.30. The molecule has 0 aliphatic heterocycles. The van der Waals surface area contributed by atoms with Crippen LogP contribution in [0.3, 0.4) is 0 Å². The molecule has 2 aromatic heterocycles. The van der Waals surface area contributed by atoms with Crippen molar-refractivity contribution >= 4 is 44.0 Å². The topological polar surface area (TPSA) is 63.2 Å². The third-order valence-electron chi connectivity index (χ3n) is 3.82. The van der Waals surface area contributed by atoms with Gasteiger partial charge in [-0.3, -0.25) is 4.98 Å². The maximum absolute atomic E-state index is 13.0. The Bertz CT molecular complexity index is 1010. The Morgan fingerprint density at radius 3 is 2.56 bits per heavy atom. The lowest BCUT2D eigenvalue weighted by Gasteiger charge is -2.20. The quantitative estimate of drug-likeness (QED) is 0.608. The Hall–Kier alpha value is -1.73. The van der Waals surface area contributed by atoms with Gasteiger partial charge in [-0.25, -0.2) is 13.4 Å². The van der Waals surface area contributed by atoms with E-state index in [0.717, 1.165) is 0 Å². The largest absolute Gasteiger partial charge is 0.260 e. The number of hydrogen-bond acceptors (Lipinski definition) is 4. The van der Waals surface area contributed by atoms with E-state index in [2.05, 4.69) is 9.97 Å². The van der Waals surface area contributed by atoms with Gasteiger partial charge in [0.1, 0.15) is 5.15 Å². The zero-order chi connectivity index (χ0) is 18.0. The molecule has 1 aromatic carbocycles. The molecule has 3 aromatic rings. The molecule has 0 unspecified atom stereocenters. The van der Waals surface area contributed by atoms with E-state index in [0.29, 0.717) is 28.0 Å². The van der Waals surface area contributed by atoms with Gasteiger partial charge in [-0.15, -0.1) is 0 Å². The minimum atomic E-state index is -3.71. The van der Waals surface area contributed by atoms with Crippen LogP contribution in [0.2, 0.25) is 10.2 Å². The zero-order valence-electron chi connectivity index (χ0n) is 13.4. The first-order valence-corrected chi connectivity index (χ1v) is 9.77. The third kappa shape index (κ3) is 3.62. The van der Waals surface area contributed by atoms with Gasteiger partial charge >= 0.3 is 0 Å². The number of fused-ring (bicyclic) bond motifs is 1. The van der Waals surface area contributed by atoms with Crippen LogP contribution in [0.4, 0.5) is 0 Å². The number of halogens is 2. The fourth-order valence-corrected chi connectivity index (χ4v) is 4.37. The highest BCUT2D eigenvalue weighted by Gasteiger charge is 2.24. The van der Waals surface area contributed by atoms with Crippen LogP contribution in [0, 0.1) is 0 Å². The Morgan fingerprint density at radius 1 is 1.08 bits per heavy atom. The summed E-state index contributed by atoms with van der Waals surface area (Å²) in [6.45, 7) is 2.30. The van der Waals surface area contributed by atoms with Crippen molar-refractivity contribution in [1.82, 2.24) is 14.3 Å². The van der Waals surface area contributed by atoms with Crippen LogP contribution in [0.5, 0.6) is 0 Å². The van der Waals surface area contributed by atoms with Gasteiger partial charge in [0.15, 0.2) is 0 Å². The first-order valence-electron chi connectivity index (χ1n) is 7.57. The SMILES string of the molecule is CCN(Cc1ccccn1)S(=O)(=O)c1ccc2c(Cl)cnc(Cl)c2c1. The van der Waals surface area contributed by atoms with Crippen molar-refractivity contribution < 1.29 is 8.42 Å². The minimum absolute atomic E-state index is 0.142. The van der Waals surface area contributed by atoms with Crippen molar-refractivity contribution in [2.45, 2.75) is 18.4 Å². The summed E-state index contributed by atoms with van der Waals surface area (Å²) in [6, 6.07) is 10.1. The first-order chi connectivity index (χ1) is 11.9. The molecular weight excluding hydrogens is 381 g/mol. The van der Waals surface area contributed by atoms with Crippen molar-refractivity contribution in [1.29, 1.82) is 0 Å². The Labute approximate surface area is 156 Å². The molecule has 0 aliphatic rings. The van der Waals surface area contributed by atoms with E-state index in [1.165, 1.54) is 22.6 Å². The minimum Gasteiger partial charge on any atom is -0.260 e. The van der Waals surface area contributed by atoms with Gasteiger partial charge in [0.2, 0.25) is 10.0 Å². The zero-order valence-corrected chi connectivity index (χ0v) is 15.7. The van der Waals surface area contributed by atoms with Gasteiger partial charge in [-0.05, 0) is 24.3 Å². The number of aromatic nitrogens is 2. The monoisotopic (exact) mass is 395 g/mol. The summed E-state index contributed by atoms with van der Waals surface area (Å²) < 4.78 is 27.4. The molecule has 0 N–H and O–H groups in total. The van der Waals surface area contributed by atoms with Crippen molar-refractivity contribution in [3.63, 3.8) is 0 Å². The second-order valence-electron chi connectivity index (χ2n) is 5.36. The second kappa shape index (κ2) is 7.25. The van der Waals surface area contributed by atoms with Crippen LogP contribution in [0.15, 0.2) is 53.7 Å². The van der Waals surface area contributed by atoms with Gasteiger partial charge in [-0.1, -0.05) is 42.3 Å². The van der Waals surface area contributed by atoms with E-state index in [9.17, 15) is 8.42 Å². The number of sulfonamides is 1. The van der Waals surface area contributed by atoms with Crippen molar-refractivity contribution in [2.75, 3.05) is 6.54 Å². The van der Waals surface area contributed by atoms with E-state index in [-0.39, 0.29) is 16.6 Å². The molecule has 130 valence electrons. The number of hydrogen-bond donors (Lipinski definition) is 0. The molecule has 0 fully saturated rings. The molecule has 0 atom stereocenters. The average molecular weight is 396 g/mol. The summed E-state index contributed by atoms with van der Waals surface area (Å²) >= 11 is 12.2. The highest BCUT2D eigenvalue weighted by molar-refractivity contribution is 7.89. The summed E-state index contributed by atoms with van der Waals surface area (Å²) in [7, 11) is -3.71. The van der Waals surface area contributed by atoms with E-state index >= 15 is 0 Å². The molecule has 0 saturated carbocycles. The number of pyridine rings is 2. The molecular formula is C17H15Cl2N3O2S. The van der Waals surface area contributed by atoms with Crippen LogP contribution in [0.1, 0.15) is 12.6 Å². The molecule has 0 amide bonds. The predicted molar refractivity (Wildman–Crippen MR) is 99.3 cm³/mol. The fourth-order valence-electron chi connectivity index (χ4n) is 2.50. The lowest BCUT2D eigenvalue weighted by atomic mass is 10.2.